The number of carbonyl (C=O) groups is 1. The van der Waals surface area contributed by atoms with Crippen molar-refractivity contribution in [2.45, 2.75) is 35.3 Å². The number of benzene rings is 2. The zero-order valence-corrected chi connectivity index (χ0v) is 15.7. The van der Waals surface area contributed by atoms with Gasteiger partial charge >= 0.3 is 5.97 Å². The summed E-state index contributed by atoms with van der Waals surface area (Å²) in [7, 11) is -4.14. The van der Waals surface area contributed by atoms with Gasteiger partial charge in [0.15, 0.2) is 9.84 Å². The molecule has 0 atom stereocenters. The maximum Gasteiger partial charge on any atom is 0.306 e. The Bertz CT molecular complexity index is 966. The molecule has 1 N–H and O–H groups in total. The summed E-state index contributed by atoms with van der Waals surface area (Å²) in [6.45, 7) is 0. The van der Waals surface area contributed by atoms with Crippen molar-refractivity contribution in [1.29, 1.82) is 0 Å². The molecule has 0 unspecified atom stereocenters. The molecular weight excluding hydrogens is 398 g/mol. The van der Waals surface area contributed by atoms with E-state index in [1.807, 2.05) is 0 Å². The van der Waals surface area contributed by atoms with Gasteiger partial charge in [-0.2, -0.15) is 0 Å². The molecule has 0 radical (unpaired) electrons. The van der Waals surface area contributed by atoms with Gasteiger partial charge < -0.3 is 5.11 Å². The van der Waals surface area contributed by atoms with E-state index in [1.54, 1.807) is 0 Å². The Kier molecular flexibility index (Phi) is 5.27. The van der Waals surface area contributed by atoms with Gasteiger partial charge in [0.05, 0.1) is 10.8 Å². The predicted octanol–water partition coefficient (Wildman–Crippen LogP) is 4.56. The molecule has 1 aliphatic rings. The fourth-order valence-electron chi connectivity index (χ4n) is 3.70. The average Bonchev–Trinajstić information content (AvgIpc) is 2.64. The molecule has 0 amide bonds. The number of hydrogen-bond donors (Lipinski definition) is 1. The number of carboxylic acids is 1. The first-order valence-electron chi connectivity index (χ1n) is 8.36. The molecule has 4 nitrogen and oxygen atoms in total. The lowest BCUT2D eigenvalue weighted by atomic mass is 9.77. The Balaban J connectivity index is 2.18. The zero-order chi connectivity index (χ0) is 19.8. The average molecular weight is 415 g/mol. The van der Waals surface area contributed by atoms with E-state index in [0.29, 0.717) is 5.02 Å². The number of hydrogen-bond acceptors (Lipinski definition) is 3. The predicted molar refractivity (Wildman–Crippen MR) is 96.3 cm³/mol. The van der Waals surface area contributed by atoms with Crippen molar-refractivity contribution in [1.82, 2.24) is 0 Å². The quantitative estimate of drug-likeness (QED) is 0.795. The molecule has 2 aromatic carbocycles. The van der Waals surface area contributed by atoms with E-state index in [1.165, 1.54) is 24.3 Å². The van der Waals surface area contributed by atoms with Crippen molar-refractivity contribution in [3.05, 3.63) is 64.7 Å². The molecule has 1 aliphatic carbocycles. The van der Waals surface area contributed by atoms with E-state index in [4.69, 9.17) is 11.6 Å². The zero-order valence-electron chi connectivity index (χ0n) is 14.2. The van der Waals surface area contributed by atoms with Crippen LogP contribution in [0.4, 0.5) is 8.78 Å². The van der Waals surface area contributed by atoms with Crippen LogP contribution in [0, 0.1) is 17.6 Å². The van der Waals surface area contributed by atoms with Gasteiger partial charge in [0.25, 0.3) is 0 Å². The van der Waals surface area contributed by atoms with E-state index in [2.05, 4.69) is 0 Å². The topological polar surface area (TPSA) is 71.4 Å². The van der Waals surface area contributed by atoms with Crippen molar-refractivity contribution in [2.75, 3.05) is 0 Å². The molecule has 27 heavy (non-hydrogen) atoms. The summed E-state index contributed by atoms with van der Waals surface area (Å²) in [5.41, 5.74) is -0.263. The molecule has 0 aliphatic heterocycles. The van der Waals surface area contributed by atoms with Gasteiger partial charge in [0, 0.05) is 10.6 Å². The number of carboxylic acid groups (broad SMARTS) is 1. The number of halogens is 3. The third kappa shape index (κ3) is 3.46. The van der Waals surface area contributed by atoms with E-state index < -0.39 is 38.1 Å². The lowest BCUT2D eigenvalue weighted by Crippen LogP contribution is -2.41. The van der Waals surface area contributed by atoms with Crippen LogP contribution in [0.5, 0.6) is 0 Å². The second-order valence-electron chi connectivity index (χ2n) is 6.69. The summed E-state index contributed by atoms with van der Waals surface area (Å²) in [5.74, 6) is -3.32. The number of sulfone groups is 1. The molecule has 3 rings (SSSR count). The van der Waals surface area contributed by atoms with Crippen molar-refractivity contribution in [3.8, 4) is 0 Å². The summed E-state index contributed by atoms with van der Waals surface area (Å²) in [5, 5.41) is 9.57. The Morgan fingerprint density at radius 3 is 2.22 bits per heavy atom. The largest absolute Gasteiger partial charge is 0.481 e. The monoisotopic (exact) mass is 414 g/mol. The minimum atomic E-state index is -4.14. The summed E-state index contributed by atoms with van der Waals surface area (Å²) >= 11 is 5.83. The van der Waals surface area contributed by atoms with Crippen LogP contribution in [-0.2, 0) is 19.4 Å². The van der Waals surface area contributed by atoms with Crippen molar-refractivity contribution in [2.24, 2.45) is 5.92 Å². The molecule has 1 saturated carbocycles. The highest BCUT2D eigenvalue weighted by Gasteiger charge is 2.50. The molecule has 0 saturated heterocycles. The van der Waals surface area contributed by atoms with Gasteiger partial charge in [-0.1, -0.05) is 11.6 Å². The van der Waals surface area contributed by atoms with Crippen LogP contribution < -0.4 is 0 Å². The van der Waals surface area contributed by atoms with E-state index >= 15 is 0 Å². The maximum absolute atomic E-state index is 14.6. The maximum atomic E-state index is 14.6. The van der Waals surface area contributed by atoms with Crippen LogP contribution in [-0.4, -0.2) is 19.5 Å². The normalized spacial score (nSPS) is 23.1. The van der Waals surface area contributed by atoms with E-state index in [0.717, 1.165) is 18.2 Å². The molecule has 0 aromatic heterocycles. The van der Waals surface area contributed by atoms with Gasteiger partial charge in [-0.05, 0) is 68.1 Å². The lowest BCUT2D eigenvalue weighted by Gasteiger charge is -2.39. The van der Waals surface area contributed by atoms with Gasteiger partial charge in [-0.15, -0.1) is 0 Å². The van der Waals surface area contributed by atoms with E-state index in [9.17, 15) is 27.1 Å². The van der Waals surface area contributed by atoms with Crippen LogP contribution in [0.15, 0.2) is 47.4 Å². The highest BCUT2D eigenvalue weighted by atomic mass is 35.5. The number of aliphatic carboxylic acids is 1. The van der Waals surface area contributed by atoms with Crippen molar-refractivity contribution >= 4 is 27.4 Å². The smallest absolute Gasteiger partial charge is 0.306 e. The van der Waals surface area contributed by atoms with Crippen LogP contribution in [0.1, 0.15) is 31.2 Å². The molecule has 0 spiro atoms. The van der Waals surface area contributed by atoms with Gasteiger partial charge in [0.1, 0.15) is 16.4 Å². The summed E-state index contributed by atoms with van der Waals surface area (Å²) < 4.78 is 53.7. The van der Waals surface area contributed by atoms with Crippen LogP contribution in [0.25, 0.3) is 0 Å². The summed E-state index contributed by atoms with van der Waals surface area (Å²) in [6.07, 6.45) is -0.124. The molecule has 144 valence electrons. The Morgan fingerprint density at radius 1 is 1.07 bits per heavy atom. The highest BCUT2D eigenvalue weighted by Crippen LogP contribution is 2.49. The fourth-order valence-corrected chi connectivity index (χ4v) is 5.99. The Hall–Kier alpha value is -1.99. The van der Waals surface area contributed by atoms with Crippen LogP contribution >= 0.6 is 11.6 Å². The molecule has 8 heteroatoms. The minimum absolute atomic E-state index is 0.0537. The molecule has 0 heterocycles. The van der Waals surface area contributed by atoms with Crippen LogP contribution in [0.2, 0.25) is 5.02 Å². The Morgan fingerprint density at radius 2 is 1.67 bits per heavy atom. The fraction of sp³-hybridized carbons (Fsp3) is 0.316. The lowest BCUT2D eigenvalue weighted by molar-refractivity contribution is -0.143. The summed E-state index contributed by atoms with van der Waals surface area (Å²) in [4.78, 5) is 11.2. The van der Waals surface area contributed by atoms with Gasteiger partial charge in [-0.25, -0.2) is 17.2 Å². The first-order chi connectivity index (χ1) is 12.7. The first-order valence-corrected chi connectivity index (χ1v) is 10.2. The van der Waals surface area contributed by atoms with Crippen LogP contribution in [0.3, 0.4) is 0 Å². The highest BCUT2D eigenvalue weighted by molar-refractivity contribution is 7.92. The van der Waals surface area contributed by atoms with Gasteiger partial charge in [0.2, 0.25) is 0 Å². The minimum Gasteiger partial charge on any atom is -0.481 e. The third-order valence-electron chi connectivity index (χ3n) is 5.20. The van der Waals surface area contributed by atoms with Crippen molar-refractivity contribution < 1.29 is 27.1 Å². The molecule has 0 bridgehead atoms. The number of rotatable bonds is 4. The molecular formula is C19H17ClF2O4S. The summed E-state index contributed by atoms with van der Waals surface area (Å²) in [6, 6.07) is 8.17. The van der Waals surface area contributed by atoms with Crippen molar-refractivity contribution in [3.63, 3.8) is 0 Å². The first kappa shape index (κ1) is 19.8. The molecule has 1 fully saturated rings. The SMILES string of the molecule is O=C(O)[C@H]1CC[C@@](c2cc(F)ccc2F)(S(=O)(=O)c2ccc(Cl)cc2)CC1. The standard InChI is InChI=1S/C19H17ClF2O4S/c20-13-1-4-15(5-2-13)27(25,26)19(9-7-12(8-10-19)18(23)24)16-11-14(21)3-6-17(16)22/h1-6,11-12H,7-10H2,(H,23,24)/t12-,19+. The second-order valence-corrected chi connectivity index (χ2v) is 9.38. The third-order valence-corrected chi connectivity index (χ3v) is 8.00. The van der Waals surface area contributed by atoms with Gasteiger partial charge in [-0.3, -0.25) is 4.79 Å². The van der Waals surface area contributed by atoms with E-state index in [-0.39, 0.29) is 36.1 Å². The molecule has 2 aromatic rings. The Labute approximate surface area is 160 Å². The second kappa shape index (κ2) is 7.20.